The third-order valence-corrected chi connectivity index (χ3v) is 3.06. The van der Waals surface area contributed by atoms with Crippen molar-refractivity contribution in [1.82, 2.24) is 9.55 Å². The van der Waals surface area contributed by atoms with Crippen molar-refractivity contribution in [2.45, 2.75) is 6.92 Å². The number of aromatic nitrogens is 2. The lowest BCUT2D eigenvalue weighted by Crippen LogP contribution is -2.00. The second-order valence-corrected chi connectivity index (χ2v) is 4.34. The molecule has 4 nitrogen and oxygen atoms in total. The average molecular weight is 271 g/mol. The zero-order valence-electron chi connectivity index (χ0n) is 11.0. The Morgan fingerprint density at radius 2 is 1.95 bits per heavy atom. The Labute approximate surface area is 115 Å². The second kappa shape index (κ2) is 4.85. The zero-order chi connectivity index (χ0) is 14.1. The number of benzene rings is 2. The van der Waals surface area contributed by atoms with Gasteiger partial charge >= 0.3 is 0 Å². The van der Waals surface area contributed by atoms with E-state index in [1.165, 1.54) is 12.1 Å². The average Bonchev–Trinajstić information content (AvgIpc) is 2.78. The highest BCUT2D eigenvalue weighted by Crippen LogP contribution is 2.29. The first-order valence-corrected chi connectivity index (χ1v) is 6.36. The Kier molecular flexibility index (Phi) is 3.02. The molecular weight excluding hydrogens is 257 g/mol. The minimum Gasteiger partial charge on any atom is -0.492 e. The Morgan fingerprint density at radius 1 is 1.20 bits per heavy atom. The number of imidazole rings is 1. The van der Waals surface area contributed by atoms with Crippen LogP contribution in [0.15, 0.2) is 42.5 Å². The molecule has 1 heterocycles. The van der Waals surface area contributed by atoms with Crippen LogP contribution in [0, 0.1) is 5.82 Å². The van der Waals surface area contributed by atoms with E-state index in [2.05, 4.69) is 4.98 Å². The molecule has 102 valence electrons. The van der Waals surface area contributed by atoms with E-state index in [9.17, 15) is 4.39 Å². The number of nitrogens with zero attached hydrogens (tertiary/aromatic N) is 2. The number of para-hydroxylation sites is 1. The molecule has 2 aromatic carbocycles. The van der Waals surface area contributed by atoms with Gasteiger partial charge in [-0.1, -0.05) is 6.07 Å². The predicted molar refractivity (Wildman–Crippen MR) is 76.6 cm³/mol. The first-order valence-electron chi connectivity index (χ1n) is 6.36. The molecule has 5 heteroatoms. The smallest absolute Gasteiger partial charge is 0.206 e. The molecule has 0 fully saturated rings. The lowest BCUT2D eigenvalue weighted by molar-refractivity contribution is 0.344. The summed E-state index contributed by atoms with van der Waals surface area (Å²) in [7, 11) is 0. The second-order valence-electron chi connectivity index (χ2n) is 4.34. The molecule has 0 amide bonds. The van der Waals surface area contributed by atoms with Gasteiger partial charge in [-0.05, 0) is 43.3 Å². The molecule has 0 radical (unpaired) electrons. The molecule has 0 aliphatic heterocycles. The number of hydrogen-bond donors (Lipinski definition) is 1. The Hall–Kier alpha value is -2.56. The van der Waals surface area contributed by atoms with Crippen molar-refractivity contribution in [3.63, 3.8) is 0 Å². The van der Waals surface area contributed by atoms with E-state index in [4.69, 9.17) is 10.5 Å². The number of anilines is 1. The van der Waals surface area contributed by atoms with E-state index >= 15 is 0 Å². The molecule has 0 aliphatic carbocycles. The summed E-state index contributed by atoms with van der Waals surface area (Å²) in [6, 6.07) is 11.8. The Bertz CT molecular complexity index is 750. The summed E-state index contributed by atoms with van der Waals surface area (Å²) in [5.41, 5.74) is 8.29. The highest BCUT2D eigenvalue weighted by Gasteiger charge is 2.13. The van der Waals surface area contributed by atoms with Crippen molar-refractivity contribution in [3.05, 3.63) is 48.3 Å². The molecule has 0 saturated carbocycles. The van der Waals surface area contributed by atoms with Crippen molar-refractivity contribution in [2.75, 3.05) is 12.3 Å². The van der Waals surface area contributed by atoms with Crippen LogP contribution in [0.2, 0.25) is 0 Å². The van der Waals surface area contributed by atoms with Gasteiger partial charge in [0.05, 0.1) is 12.1 Å². The van der Waals surface area contributed by atoms with Crippen LogP contribution in [-0.2, 0) is 0 Å². The normalized spacial score (nSPS) is 10.9. The van der Waals surface area contributed by atoms with Gasteiger partial charge < -0.3 is 10.5 Å². The highest BCUT2D eigenvalue weighted by molar-refractivity contribution is 5.86. The molecule has 3 rings (SSSR count). The number of ether oxygens (including phenoxy) is 1. The number of fused-ring (bicyclic) bond motifs is 1. The molecule has 0 spiro atoms. The van der Waals surface area contributed by atoms with E-state index in [1.807, 2.05) is 25.1 Å². The summed E-state index contributed by atoms with van der Waals surface area (Å²) < 4.78 is 20.4. The van der Waals surface area contributed by atoms with Gasteiger partial charge in [-0.2, -0.15) is 0 Å². The summed E-state index contributed by atoms with van der Waals surface area (Å²) >= 11 is 0. The van der Waals surface area contributed by atoms with Gasteiger partial charge in [-0.25, -0.2) is 9.37 Å². The fourth-order valence-corrected chi connectivity index (χ4v) is 2.23. The van der Waals surface area contributed by atoms with Crippen molar-refractivity contribution in [2.24, 2.45) is 0 Å². The zero-order valence-corrected chi connectivity index (χ0v) is 11.0. The van der Waals surface area contributed by atoms with Crippen molar-refractivity contribution < 1.29 is 9.13 Å². The van der Waals surface area contributed by atoms with Gasteiger partial charge in [0.1, 0.15) is 17.1 Å². The topological polar surface area (TPSA) is 53.1 Å². The van der Waals surface area contributed by atoms with Crippen molar-refractivity contribution in [3.8, 4) is 11.4 Å². The van der Waals surface area contributed by atoms with Crippen LogP contribution in [-0.4, -0.2) is 16.2 Å². The lowest BCUT2D eigenvalue weighted by Gasteiger charge is -2.07. The number of rotatable bonds is 3. The molecular formula is C15H14FN3O. The maximum Gasteiger partial charge on any atom is 0.206 e. The minimum absolute atomic E-state index is 0.285. The molecule has 2 N–H and O–H groups in total. The summed E-state index contributed by atoms with van der Waals surface area (Å²) in [4.78, 5) is 4.35. The van der Waals surface area contributed by atoms with E-state index < -0.39 is 0 Å². The molecule has 0 aliphatic rings. The van der Waals surface area contributed by atoms with Crippen LogP contribution in [0.4, 0.5) is 10.3 Å². The largest absolute Gasteiger partial charge is 0.492 e. The first kappa shape index (κ1) is 12.5. The molecule has 1 aromatic heterocycles. The fraction of sp³-hybridized carbons (Fsp3) is 0.133. The third kappa shape index (κ3) is 1.97. The molecule has 0 atom stereocenters. The van der Waals surface area contributed by atoms with Crippen LogP contribution in [0.25, 0.3) is 16.7 Å². The predicted octanol–water partition coefficient (Wildman–Crippen LogP) is 3.15. The summed E-state index contributed by atoms with van der Waals surface area (Å²) in [5.74, 6) is 0.753. The number of hydrogen-bond acceptors (Lipinski definition) is 3. The molecule has 0 unspecified atom stereocenters. The quantitative estimate of drug-likeness (QED) is 0.796. The van der Waals surface area contributed by atoms with Gasteiger partial charge in [0.15, 0.2) is 0 Å². The van der Waals surface area contributed by atoms with E-state index in [1.54, 1.807) is 16.7 Å². The number of nitrogen functional groups attached to an aromatic ring is 1. The van der Waals surface area contributed by atoms with Gasteiger partial charge in [0.2, 0.25) is 5.95 Å². The van der Waals surface area contributed by atoms with E-state index in [0.717, 1.165) is 11.2 Å². The van der Waals surface area contributed by atoms with Crippen LogP contribution < -0.4 is 10.5 Å². The van der Waals surface area contributed by atoms with Crippen LogP contribution >= 0.6 is 0 Å². The molecule has 20 heavy (non-hydrogen) atoms. The lowest BCUT2D eigenvalue weighted by atomic mass is 10.2. The summed E-state index contributed by atoms with van der Waals surface area (Å²) in [6.07, 6.45) is 0. The van der Waals surface area contributed by atoms with Gasteiger partial charge in [0.25, 0.3) is 0 Å². The van der Waals surface area contributed by atoms with Crippen LogP contribution in [0.1, 0.15) is 6.92 Å². The maximum atomic E-state index is 13.0. The highest BCUT2D eigenvalue weighted by atomic mass is 19.1. The van der Waals surface area contributed by atoms with E-state index in [0.29, 0.717) is 23.8 Å². The Balaban J connectivity index is 2.23. The van der Waals surface area contributed by atoms with Gasteiger partial charge in [-0.3, -0.25) is 4.57 Å². The minimum atomic E-state index is -0.285. The molecule has 0 saturated heterocycles. The van der Waals surface area contributed by atoms with Gasteiger partial charge in [-0.15, -0.1) is 0 Å². The number of halogens is 1. The van der Waals surface area contributed by atoms with E-state index in [-0.39, 0.29) is 5.82 Å². The van der Waals surface area contributed by atoms with Crippen LogP contribution in [0.5, 0.6) is 5.75 Å². The first-order chi connectivity index (χ1) is 9.70. The third-order valence-electron chi connectivity index (χ3n) is 3.06. The van der Waals surface area contributed by atoms with Crippen molar-refractivity contribution in [1.29, 1.82) is 0 Å². The SMILES string of the molecule is CCOc1cccc2c1nc(N)n2-c1ccc(F)cc1. The molecule has 3 aromatic rings. The number of nitrogens with two attached hydrogens (primary N) is 1. The standard InChI is InChI=1S/C15H14FN3O/c1-2-20-13-5-3-4-12-14(13)18-15(17)19(12)11-8-6-10(16)7-9-11/h3-9H,2H2,1H3,(H2,17,18). The van der Waals surface area contributed by atoms with Gasteiger partial charge in [0, 0.05) is 5.69 Å². The fourth-order valence-electron chi connectivity index (χ4n) is 2.23. The monoisotopic (exact) mass is 271 g/mol. The van der Waals surface area contributed by atoms with Crippen LogP contribution in [0.3, 0.4) is 0 Å². The summed E-state index contributed by atoms with van der Waals surface area (Å²) in [5, 5.41) is 0. The summed E-state index contributed by atoms with van der Waals surface area (Å²) in [6.45, 7) is 2.47. The van der Waals surface area contributed by atoms with Crippen molar-refractivity contribution >= 4 is 17.0 Å². The Morgan fingerprint density at radius 3 is 2.65 bits per heavy atom. The maximum absolute atomic E-state index is 13.0. The molecule has 0 bridgehead atoms.